The summed E-state index contributed by atoms with van der Waals surface area (Å²) in [6, 6.07) is 10.2. The van der Waals surface area contributed by atoms with Gasteiger partial charge < -0.3 is 9.47 Å². The molecule has 0 fully saturated rings. The minimum Gasteiger partial charge on any atom is -0.497 e. The lowest BCUT2D eigenvalue weighted by Crippen LogP contribution is -2.40. The molecule has 0 heterocycles. The average molecular weight is 371 g/mol. The first-order chi connectivity index (χ1) is 12.9. The van der Waals surface area contributed by atoms with Crippen molar-refractivity contribution in [3.05, 3.63) is 69.8 Å². The van der Waals surface area contributed by atoms with Crippen molar-refractivity contribution in [2.24, 2.45) is 0 Å². The highest BCUT2D eigenvalue weighted by atomic mass is 16.6. The molecule has 0 aliphatic carbocycles. The average Bonchev–Trinajstić information content (AvgIpc) is 2.70. The molecule has 0 radical (unpaired) electrons. The fraction of sp³-hybridized carbons (Fsp3) is 0.111. The van der Waals surface area contributed by atoms with Crippen LogP contribution in [-0.4, -0.2) is 31.0 Å². The number of methoxy groups -OCH3 is 2. The van der Waals surface area contributed by atoms with Crippen LogP contribution in [0.1, 0.15) is 15.9 Å². The van der Waals surface area contributed by atoms with Crippen LogP contribution < -0.4 is 20.3 Å². The molecule has 27 heavy (non-hydrogen) atoms. The molecule has 2 aromatic rings. The number of hydrazine groups is 1. The van der Waals surface area contributed by atoms with Crippen LogP contribution in [0.15, 0.2) is 48.5 Å². The number of hydrogen-bond acceptors (Lipinski definition) is 6. The van der Waals surface area contributed by atoms with Gasteiger partial charge in [-0.05, 0) is 24.3 Å². The zero-order valence-corrected chi connectivity index (χ0v) is 14.6. The highest BCUT2D eigenvalue weighted by Crippen LogP contribution is 2.25. The molecule has 2 amide bonds. The number of benzene rings is 2. The summed E-state index contributed by atoms with van der Waals surface area (Å²) in [4.78, 5) is 33.9. The number of rotatable bonds is 6. The Morgan fingerprint density at radius 2 is 1.85 bits per heavy atom. The normalized spacial score (nSPS) is 10.3. The molecule has 0 aliphatic heterocycles. The molecule has 0 aliphatic rings. The maximum Gasteiger partial charge on any atom is 0.270 e. The molecule has 9 heteroatoms. The van der Waals surface area contributed by atoms with Gasteiger partial charge in [-0.2, -0.15) is 0 Å². The number of amides is 2. The van der Waals surface area contributed by atoms with Gasteiger partial charge in [0.25, 0.3) is 17.5 Å². The van der Waals surface area contributed by atoms with Gasteiger partial charge in [0.2, 0.25) is 0 Å². The summed E-state index contributed by atoms with van der Waals surface area (Å²) in [7, 11) is 3.02. The van der Waals surface area contributed by atoms with E-state index < -0.39 is 16.7 Å². The lowest BCUT2D eigenvalue weighted by atomic mass is 10.1. The first kappa shape index (κ1) is 19.4. The van der Waals surface area contributed by atoms with Gasteiger partial charge >= 0.3 is 0 Å². The van der Waals surface area contributed by atoms with Crippen LogP contribution in [0, 0.1) is 10.1 Å². The molecule has 0 saturated carbocycles. The SMILES string of the molecule is COc1ccc(/C=C/C(=O)NNC(=O)c2cccc([N+](=O)[O-])c2)c(OC)c1. The van der Waals surface area contributed by atoms with Gasteiger partial charge in [0.05, 0.1) is 19.1 Å². The Morgan fingerprint density at radius 1 is 1.07 bits per heavy atom. The predicted octanol–water partition coefficient (Wildman–Crippen LogP) is 2.09. The van der Waals surface area contributed by atoms with Crippen molar-refractivity contribution in [2.75, 3.05) is 14.2 Å². The summed E-state index contributed by atoms with van der Waals surface area (Å²) < 4.78 is 10.3. The third kappa shape index (κ3) is 5.30. The van der Waals surface area contributed by atoms with Crippen molar-refractivity contribution in [1.29, 1.82) is 0 Å². The Hall–Kier alpha value is -3.88. The van der Waals surface area contributed by atoms with Crippen molar-refractivity contribution in [3.63, 3.8) is 0 Å². The standard InChI is InChI=1S/C18H17N3O6/c1-26-15-8-6-12(16(11-15)27-2)7-9-17(22)19-20-18(23)13-4-3-5-14(10-13)21(24)25/h3-11H,1-2H3,(H,19,22)(H,20,23)/b9-7+. The topological polar surface area (TPSA) is 120 Å². The van der Waals surface area contributed by atoms with Crippen molar-refractivity contribution in [1.82, 2.24) is 10.9 Å². The van der Waals surface area contributed by atoms with Gasteiger partial charge in [-0.15, -0.1) is 0 Å². The number of hydrogen-bond donors (Lipinski definition) is 2. The van der Waals surface area contributed by atoms with Crippen molar-refractivity contribution >= 4 is 23.6 Å². The largest absolute Gasteiger partial charge is 0.497 e. The van der Waals surface area contributed by atoms with E-state index >= 15 is 0 Å². The van der Waals surface area contributed by atoms with Gasteiger partial charge in [0, 0.05) is 35.4 Å². The van der Waals surface area contributed by atoms with Gasteiger partial charge in [-0.3, -0.25) is 30.6 Å². The number of ether oxygens (including phenoxy) is 2. The molecule has 0 unspecified atom stereocenters. The van der Waals surface area contributed by atoms with E-state index in [0.717, 1.165) is 6.07 Å². The van der Waals surface area contributed by atoms with Gasteiger partial charge in [-0.1, -0.05) is 6.07 Å². The van der Waals surface area contributed by atoms with Gasteiger partial charge in [0.15, 0.2) is 0 Å². The molecular formula is C18H17N3O6. The number of nitrogens with one attached hydrogen (secondary N) is 2. The molecular weight excluding hydrogens is 354 g/mol. The Bertz CT molecular complexity index is 894. The molecule has 0 atom stereocenters. The summed E-state index contributed by atoms with van der Waals surface area (Å²) in [6.07, 6.45) is 2.71. The van der Waals surface area contributed by atoms with Gasteiger partial charge in [0.1, 0.15) is 11.5 Å². The van der Waals surface area contributed by atoms with Gasteiger partial charge in [-0.25, -0.2) is 0 Å². The lowest BCUT2D eigenvalue weighted by Gasteiger charge is -2.07. The third-order valence-electron chi connectivity index (χ3n) is 3.47. The second-order valence-electron chi connectivity index (χ2n) is 5.19. The number of nitro benzene ring substituents is 1. The van der Waals surface area contributed by atoms with Crippen molar-refractivity contribution in [2.45, 2.75) is 0 Å². The van der Waals surface area contributed by atoms with Crippen molar-refractivity contribution < 1.29 is 24.0 Å². The molecule has 0 aromatic heterocycles. The predicted molar refractivity (Wildman–Crippen MR) is 97.3 cm³/mol. The first-order valence-electron chi connectivity index (χ1n) is 7.69. The van der Waals surface area contributed by atoms with Crippen molar-refractivity contribution in [3.8, 4) is 11.5 Å². The minimum absolute atomic E-state index is 0.0466. The monoisotopic (exact) mass is 371 g/mol. The van der Waals surface area contributed by atoms with Crippen LogP contribution >= 0.6 is 0 Å². The zero-order valence-electron chi connectivity index (χ0n) is 14.6. The number of carbonyl (C=O) groups excluding carboxylic acids is 2. The highest BCUT2D eigenvalue weighted by Gasteiger charge is 2.11. The summed E-state index contributed by atoms with van der Waals surface area (Å²) in [5.41, 5.74) is 4.85. The molecule has 0 saturated heterocycles. The van der Waals surface area contributed by atoms with E-state index in [2.05, 4.69) is 10.9 Å². The summed E-state index contributed by atoms with van der Waals surface area (Å²) in [6.45, 7) is 0. The van der Waals surface area contributed by atoms with Crippen LogP contribution in [-0.2, 0) is 4.79 Å². The quantitative estimate of drug-likeness (QED) is 0.456. The molecule has 2 aromatic carbocycles. The second kappa shape index (κ2) is 8.99. The molecule has 0 bridgehead atoms. The number of nitro groups is 1. The first-order valence-corrected chi connectivity index (χ1v) is 7.69. The van der Waals surface area contributed by atoms with Crippen LogP contribution in [0.4, 0.5) is 5.69 Å². The maximum atomic E-state index is 12.0. The van der Waals surface area contributed by atoms with Crippen LogP contribution in [0.3, 0.4) is 0 Å². The molecule has 140 valence electrons. The molecule has 2 N–H and O–H groups in total. The fourth-order valence-electron chi connectivity index (χ4n) is 2.11. The summed E-state index contributed by atoms with van der Waals surface area (Å²) in [5.74, 6) is -0.147. The molecule has 9 nitrogen and oxygen atoms in total. The Morgan fingerprint density at radius 3 is 2.52 bits per heavy atom. The summed E-state index contributed by atoms with van der Waals surface area (Å²) >= 11 is 0. The number of carbonyl (C=O) groups is 2. The van der Waals surface area contributed by atoms with E-state index in [-0.39, 0.29) is 11.3 Å². The van der Waals surface area contributed by atoms with E-state index in [0.29, 0.717) is 17.1 Å². The van der Waals surface area contributed by atoms with Crippen LogP contribution in [0.2, 0.25) is 0 Å². The highest BCUT2D eigenvalue weighted by molar-refractivity contribution is 5.98. The Kier molecular flexibility index (Phi) is 6.48. The molecule has 0 spiro atoms. The minimum atomic E-state index is -0.678. The van der Waals surface area contributed by atoms with E-state index in [1.54, 1.807) is 18.2 Å². The number of nitrogens with zero attached hydrogens (tertiary/aromatic N) is 1. The smallest absolute Gasteiger partial charge is 0.270 e. The third-order valence-corrected chi connectivity index (χ3v) is 3.47. The van der Waals surface area contributed by atoms with E-state index in [4.69, 9.17) is 9.47 Å². The zero-order chi connectivity index (χ0) is 19.8. The van der Waals surface area contributed by atoms with E-state index in [1.165, 1.54) is 44.6 Å². The van der Waals surface area contributed by atoms with Crippen LogP contribution in [0.5, 0.6) is 11.5 Å². The Balaban J connectivity index is 1.98. The fourth-order valence-corrected chi connectivity index (χ4v) is 2.11. The molecule has 2 rings (SSSR count). The number of non-ortho nitro benzene ring substituents is 1. The lowest BCUT2D eigenvalue weighted by molar-refractivity contribution is -0.384. The van der Waals surface area contributed by atoms with E-state index in [1.807, 2.05) is 0 Å². The maximum absolute atomic E-state index is 12.0. The van der Waals surface area contributed by atoms with E-state index in [9.17, 15) is 19.7 Å². The second-order valence-corrected chi connectivity index (χ2v) is 5.19. The van der Waals surface area contributed by atoms with Crippen LogP contribution in [0.25, 0.3) is 6.08 Å². The Labute approximate surface area is 154 Å². The summed E-state index contributed by atoms with van der Waals surface area (Å²) in [5, 5.41) is 10.7.